The van der Waals surface area contributed by atoms with Crippen LogP contribution in [0.4, 0.5) is 11.5 Å². The van der Waals surface area contributed by atoms with Crippen molar-refractivity contribution in [3.8, 4) is 6.01 Å². The van der Waals surface area contributed by atoms with Crippen LogP contribution < -0.4 is 14.5 Å². The number of nitrogens with zero attached hydrogens (tertiary/aromatic N) is 5. The standard InChI is InChI=1S/C33H45N5O2/c1-5-24-19-38(17-18-39-21-24)31-27-13-16-37(29-12-8-11-26-10-7-9-25(6-2)30(26)29)20-28(27)34-32(35-31)40-23-33(14-15-33)22-36(3)4/h7-12,24H,5-6,13-23H2,1-4H3. The lowest BCUT2D eigenvalue weighted by atomic mass is 9.98. The van der Waals surface area contributed by atoms with Crippen LogP contribution in [0.2, 0.25) is 0 Å². The van der Waals surface area contributed by atoms with Gasteiger partial charge >= 0.3 is 6.01 Å². The van der Waals surface area contributed by atoms with Crippen LogP contribution in [-0.4, -0.2) is 75.0 Å². The van der Waals surface area contributed by atoms with Gasteiger partial charge in [0.15, 0.2) is 0 Å². The average molecular weight is 544 g/mol. The second kappa shape index (κ2) is 11.5. The van der Waals surface area contributed by atoms with Gasteiger partial charge in [0.1, 0.15) is 5.82 Å². The summed E-state index contributed by atoms with van der Waals surface area (Å²) in [5.74, 6) is 1.57. The minimum Gasteiger partial charge on any atom is -0.463 e. The van der Waals surface area contributed by atoms with Gasteiger partial charge in [-0.1, -0.05) is 44.2 Å². The third kappa shape index (κ3) is 5.64. The molecule has 1 atom stereocenters. The van der Waals surface area contributed by atoms with Crippen LogP contribution in [-0.2, 0) is 24.1 Å². The SMILES string of the molecule is CCc1cccc2cccc(N3CCc4c(nc(OCC5(CN(C)C)CC5)nc4N4CCOCC(CC)C4)C3)c12. The quantitative estimate of drug-likeness (QED) is 0.361. The van der Waals surface area contributed by atoms with Gasteiger partial charge < -0.3 is 24.2 Å². The molecule has 0 spiro atoms. The van der Waals surface area contributed by atoms with Crippen LogP contribution in [0.5, 0.6) is 6.01 Å². The number of hydrogen-bond donors (Lipinski definition) is 0. The molecule has 0 amide bonds. The van der Waals surface area contributed by atoms with E-state index in [4.69, 9.17) is 19.4 Å². The van der Waals surface area contributed by atoms with E-state index in [1.165, 1.54) is 40.4 Å². The fraction of sp³-hybridized carbons (Fsp3) is 0.576. The second-order valence-electron chi connectivity index (χ2n) is 12.4. The highest BCUT2D eigenvalue weighted by atomic mass is 16.5. The molecule has 0 radical (unpaired) electrons. The average Bonchev–Trinajstić information content (AvgIpc) is 3.77. The molecule has 3 aliphatic rings. The summed E-state index contributed by atoms with van der Waals surface area (Å²) in [7, 11) is 4.29. The number of aryl methyl sites for hydroxylation is 1. The van der Waals surface area contributed by atoms with E-state index in [-0.39, 0.29) is 5.41 Å². The lowest BCUT2D eigenvalue weighted by Gasteiger charge is -2.34. The van der Waals surface area contributed by atoms with Crippen molar-refractivity contribution in [2.24, 2.45) is 11.3 Å². The van der Waals surface area contributed by atoms with E-state index < -0.39 is 0 Å². The maximum Gasteiger partial charge on any atom is 0.318 e. The Balaban J connectivity index is 1.35. The predicted molar refractivity (Wildman–Crippen MR) is 163 cm³/mol. The van der Waals surface area contributed by atoms with E-state index in [0.29, 0.717) is 18.5 Å². The van der Waals surface area contributed by atoms with Crippen LogP contribution in [0, 0.1) is 11.3 Å². The zero-order valence-corrected chi connectivity index (χ0v) is 24.8. The molecule has 2 aliphatic heterocycles. The molecule has 1 aliphatic carbocycles. The fourth-order valence-electron chi connectivity index (χ4n) is 6.61. The second-order valence-corrected chi connectivity index (χ2v) is 12.4. The van der Waals surface area contributed by atoms with Crippen molar-refractivity contribution in [3.05, 3.63) is 53.2 Å². The minimum absolute atomic E-state index is 0.234. The van der Waals surface area contributed by atoms with Gasteiger partial charge in [-0.2, -0.15) is 9.97 Å². The lowest BCUT2D eigenvalue weighted by molar-refractivity contribution is 0.122. The Morgan fingerprint density at radius 2 is 1.88 bits per heavy atom. The highest BCUT2D eigenvalue weighted by molar-refractivity contribution is 5.97. The van der Waals surface area contributed by atoms with Crippen LogP contribution in [0.25, 0.3) is 10.8 Å². The molecule has 1 saturated carbocycles. The van der Waals surface area contributed by atoms with Crippen molar-refractivity contribution < 1.29 is 9.47 Å². The summed E-state index contributed by atoms with van der Waals surface area (Å²) in [5.41, 5.74) is 5.33. The summed E-state index contributed by atoms with van der Waals surface area (Å²) in [6, 6.07) is 13.9. The minimum atomic E-state index is 0.234. The van der Waals surface area contributed by atoms with Crippen LogP contribution in [0.3, 0.4) is 0 Å². The van der Waals surface area contributed by atoms with Crippen LogP contribution in [0.15, 0.2) is 36.4 Å². The van der Waals surface area contributed by atoms with Gasteiger partial charge in [0.2, 0.25) is 0 Å². The number of aromatic nitrogens is 2. The number of benzene rings is 2. The normalized spacial score (nSPS) is 20.5. The van der Waals surface area contributed by atoms with Crippen molar-refractivity contribution in [1.82, 2.24) is 14.9 Å². The van der Waals surface area contributed by atoms with Crippen molar-refractivity contribution in [2.75, 3.05) is 69.9 Å². The monoisotopic (exact) mass is 543 g/mol. The summed E-state index contributed by atoms with van der Waals surface area (Å²) >= 11 is 0. The van der Waals surface area contributed by atoms with Gasteiger partial charge in [-0.15, -0.1) is 0 Å². The molecule has 1 saturated heterocycles. The molecular formula is C33H45N5O2. The molecule has 40 heavy (non-hydrogen) atoms. The molecule has 1 aromatic heterocycles. The molecular weight excluding hydrogens is 498 g/mol. The molecule has 0 bridgehead atoms. The van der Waals surface area contributed by atoms with Gasteiger partial charge in [0, 0.05) is 48.2 Å². The van der Waals surface area contributed by atoms with Gasteiger partial charge in [0.05, 0.1) is 32.1 Å². The molecule has 2 fully saturated rings. The van der Waals surface area contributed by atoms with Gasteiger partial charge in [-0.3, -0.25) is 0 Å². The van der Waals surface area contributed by atoms with Crippen molar-refractivity contribution in [2.45, 2.75) is 52.5 Å². The number of ether oxygens (including phenoxy) is 2. The van der Waals surface area contributed by atoms with Crippen molar-refractivity contribution >= 4 is 22.3 Å². The molecule has 7 nitrogen and oxygen atoms in total. The zero-order valence-electron chi connectivity index (χ0n) is 24.8. The van der Waals surface area contributed by atoms with E-state index >= 15 is 0 Å². The summed E-state index contributed by atoms with van der Waals surface area (Å²) in [6.07, 6.45) is 5.47. The molecule has 3 heterocycles. The Bertz CT molecular complexity index is 1330. The Morgan fingerprint density at radius 1 is 1.05 bits per heavy atom. The topological polar surface area (TPSA) is 54.0 Å². The molecule has 0 N–H and O–H groups in total. The summed E-state index contributed by atoms with van der Waals surface area (Å²) < 4.78 is 12.4. The molecule has 1 unspecified atom stereocenters. The number of anilines is 2. The van der Waals surface area contributed by atoms with E-state index in [2.05, 4.69) is 79.0 Å². The first kappa shape index (κ1) is 27.3. The third-order valence-corrected chi connectivity index (χ3v) is 9.04. The molecule has 7 heteroatoms. The first-order valence-corrected chi connectivity index (χ1v) is 15.2. The Hall–Kier alpha value is -2.90. The maximum atomic E-state index is 6.44. The highest BCUT2D eigenvalue weighted by Gasteiger charge is 2.44. The first-order chi connectivity index (χ1) is 19.5. The fourth-order valence-corrected chi connectivity index (χ4v) is 6.61. The van der Waals surface area contributed by atoms with Crippen LogP contribution >= 0.6 is 0 Å². The smallest absolute Gasteiger partial charge is 0.318 e. The lowest BCUT2D eigenvalue weighted by Crippen LogP contribution is -2.36. The number of rotatable bonds is 9. The van der Waals surface area contributed by atoms with Gasteiger partial charge in [-0.05, 0) is 69.1 Å². The van der Waals surface area contributed by atoms with E-state index in [1.54, 1.807) is 0 Å². The molecule has 6 rings (SSSR count). The Kier molecular flexibility index (Phi) is 7.87. The summed E-state index contributed by atoms with van der Waals surface area (Å²) in [5, 5.41) is 2.68. The molecule has 2 aromatic carbocycles. The van der Waals surface area contributed by atoms with Crippen molar-refractivity contribution in [3.63, 3.8) is 0 Å². The van der Waals surface area contributed by atoms with E-state index in [1.807, 2.05) is 0 Å². The maximum absolute atomic E-state index is 6.44. The van der Waals surface area contributed by atoms with E-state index in [0.717, 1.165) is 76.7 Å². The Morgan fingerprint density at radius 3 is 2.62 bits per heavy atom. The number of fused-ring (bicyclic) bond motifs is 2. The Labute approximate surface area is 239 Å². The highest BCUT2D eigenvalue weighted by Crippen LogP contribution is 2.46. The largest absolute Gasteiger partial charge is 0.463 e. The zero-order chi connectivity index (χ0) is 27.7. The van der Waals surface area contributed by atoms with Crippen LogP contribution in [0.1, 0.15) is 49.9 Å². The van der Waals surface area contributed by atoms with Crippen molar-refractivity contribution in [1.29, 1.82) is 0 Å². The first-order valence-electron chi connectivity index (χ1n) is 15.2. The number of hydrogen-bond acceptors (Lipinski definition) is 7. The predicted octanol–water partition coefficient (Wildman–Crippen LogP) is 5.34. The summed E-state index contributed by atoms with van der Waals surface area (Å²) in [4.78, 5) is 17.4. The third-order valence-electron chi connectivity index (χ3n) is 9.04. The summed E-state index contributed by atoms with van der Waals surface area (Å²) in [6.45, 7) is 11.3. The van der Waals surface area contributed by atoms with E-state index in [9.17, 15) is 0 Å². The van der Waals surface area contributed by atoms with Gasteiger partial charge in [-0.25, -0.2) is 0 Å². The van der Waals surface area contributed by atoms with Gasteiger partial charge in [0.25, 0.3) is 0 Å². The molecule has 214 valence electrons. The molecule has 3 aromatic rings.